The number of pyridine rings is 1. The minimum absolute atomic E-state index is 0.105. The molecule has 0 unspecified atom stereocenters. The highest BCUT2D eigenvalue weighted by atomic mass is 19.1. The van der Waals surface area contributed by atoms with E-state index >= 15 is 0 Å². The van der Waals surface area contributed by atoms with Crippen LogP contribution in [0.15, 0.2) is 90.4 Å². The number of rotatable bonds is 4. The van der Waals surface area contributed by atoms with E-state index in [1.807, 2.05) is 31.2 Å². The molecular weight excluding hydrogens is 421 g/mol. The number of para-hydroxylation sites is 1. The quantitative estimate of drug-likeness (QED) is 0.657. The van der Waals surface area contributed by atoms with Gasteiger partial charge in [0.15, 0.2) is 5.78 Å². The van der Waals surface area contributed by atoms with Crippen LogP contribution in [0.3, 0.4) is 0 Å². The lowest BCUT2D eigenvalue weighted by Gasteiger charge is -2.34. The molecule has 0 spiro atoms. The van der Waals surface area contributed by atoms with E-state index in [0.717, 1.165) is 5.56 Å². The number of halogens is 1. The van der Waals surface area contributed by atoms with E-state index in [0.29, 0.717) is 34.0 Å². The van der Waals surface area contributed by atoms with Crippen molar-refractivity contribution in [3.05, 3.63) is 113 Å². The number of hydrogen-bond acceptors (Lipinski definition) is 5. The standard InChI is InChI=1S/C26H20FN3O3/c1-16-5-4-12-28-25(16)30-15-21-23(33-22-7-3-2-6-20(22)24(21)31)13-19(30)14-29-26(32)17-8-10-18(27)11-9-17/h2-13,15,23H,14H2,1H3,(H,29,32)/t23-/m1/s1. The molecule has 5 rings (SSSR count). The molecular formula is C26H20FN3O3. The number of anilines is 1. The average Bonchev–Trinajstić information content (AvgIpc) is 2.83. The maximum Gasteiger partial charge on any atom is 0.251 e. The van der Waals surface area contributed by atoms with Gasteiger partial charge in [-0.1, -0.05) is 18.2 Å². The van der Waals surface area contributed by atoms with E-state index in [1.54, 1.807) is 35.5 Å². The number of fused-ring (bicyclic) bond motifs is 2. The summed E-state index contributed by atoms with van der Waals surface area (Å²) < 4.78 is 19.3. The largest absolute Gasteiger partial charge is 0.481 e. The van der Waals surface area contributed by atoms with Gasteiger partial charge in [0.25, 0.3) is 5.91 Å². The lowest BCUT2D eigenvalue weighted by molar-refractivity contribution is 0.0950. The molecule has 33 heavy (non-hydrogen) atoms. The Bertz CT molecular complexity index is 1310. The Balaban J connectivity index is 1.48. The topological polar surface area (TPSA) is 71.5 Å². The fraction of sp³-hybridized carbons (Fsp3) is 0.115. The third-order valence-electron chi connectivity index (χ3n) is 5.62. The predicted molar refractivity (Wildman–Crippen MR) is 122 cm³/mol. The minimum Gasteiger partial charge on any atom is -0.481 e. The first-order valence-electron chi connectivity index (χ1n) is 10.5. The van der Waals surface area contributed by atoms with Crippen LogP contribution in [0.4, 0.5) is 10.2 Å². The monoisotopic (exact) mass is 441 g/mol. The Morgan fingerprint density at radius 2 is 1.91 bits per heavy atom. The van der Waals surface area contributed by atoms with E-state index in [4.69, 9.17) is 4.74 Å². The fourth-order valence-corrected chi connectivity index (χ4v) is 3.92. The maximum atomic E-state index is 13.2. The van der Waals surface area contributed by atoms with Gasteiger partial charge in [-0.05, 0) is 61.0 Å². The molecule has 7 heteroatoms. The summed E-state index contributed by atoms with van der Waals surface area (Å²) >= 11 is 0. The number of ether oxygens (including phenoxy) is 1. The van der Waals surface area contributed by atoms with Gasteiger partial charge in [-0.3, -0.25) is 9.59 Å². The first-order chi connectivity index (χ1) is 16.0. The number of Topliss-reactive ketones (excluding diaryl/α,β-unsaturated/α-hetero) is 1. The van der Waals surface area contributed by atoms with Gasteiger partial charge in [-0.15, -0.1) is 0 Å². The van der Waals surface area contributed by atoms with Crippen molar-refractivity contribution < 1.29 is 18.7 Å². The molecule has 1 amide bonds. The number of aromatic nitrogens is 1. The number of amides is 1. The second-order valence-electron chi connectivity index (χ2n) is 7.81. The van der Waals surface area contributed by atoms with Crippen molar-refractivity contribution in [2.45, 2.75) is 13.0 Å². The van der Waals surface area contributed by atoms with Crippen molar-refractivity contribution >= 4 is 17.5 Å². The normalized spacial score (nSPS) is 16.7. The number of nitrogens with zero attached hydrogens (tertiary/aromatic N) is 2. The molecule has 2 aliphatic rings. The number of carbonyl (C=O) groups excluding carboxylic acids is 2. The zero-order valence-corrected chi connectivity index (χ0v) is 17.8. The Morgan fingerprint density at radius 1 is 1.12 bits per heavy atom. The van der Waals surface area contributed by atoms with Gasteiger partial charge in [0.05, 0.1) is 17.7 Å². The molecule has 0 saturated carbocycles. The summed E-state index contributed by atoms with van der Waals surface area (Å²) in [6.45, 7) is 2.09. The van der Waals surface area contributed by atoms with Crippen molar-refractivity contribution in [2.24, 2.45) is 0 Å². The first-order valence-corrected chi connectivity index (χ1v) is 10.5. The smallest absolute Gasteiger partial charge is 0.251 e. The van der Waals surface area contributed by atoms with Crippen LogP contribution in [-0.4, -0.2) is 29.3 Å². The van der Waals surface area contributed by atoms with Crippen molar-refractivity contribution in [3.63, 3.8) is 0 Å². The van der Waals surface area contributed by atoms with Crippen molar-refractivity contribution in [1.29, 1.82) is 0 Å². The predicted octanol–water partition coefficient (Wildman–Crippen LogP) is 4.19. The first kappa shape index (κ1) is 20.6. The molecule has 1 aromatic heterocycles. The van der Waals surface area contributed by atoms with Crippen molar-refractivity contribution in [3.8, 4) is 5.75 Å². The lowest BCUT2D eigenvalue weighted by Crippen LogP contribution is -2.39. The van der Waals surface area contributed by atoms with E-state index in [2.05, 4.69) is 10.3 Å². The van der Waals surface area contributed by atoms with E-state index < -0.39 is 11.9 Å². The Labute approximate surface area is 190 Å². The van der Waals surface area contributed by atoms with Gasteiger partial charge in [0.1, 0.15) is 23.5 Å². The zero-order chi connectivity index (χ0) is 22.9. The van der Waals surface area contributed by atoms with Gasteiger partial charge in [-0.2, -0.15) is 0 Å². The summed E-state index contributed by atoms with van der Waals surface area (Å²) in [5, 5.41) is 2.86. The van der Waals surface area contributed by atoms with Gasteiger partial charge < -0.3 is 15.0 Å². The fourth-order valence-electron chi connectivity index (χ4n) is 3.92. The molecule has 0 radical (unpaired) electrons. The number of ketones is 1. The lowest BCUT2D eigenvalue weighted by atomic mass is 9.93. The summed E-state index contributed by atoms with van der Waals surface area (Å²) in [6, 6.07) is 16.2. The van der Waals surface area contributed by atoms with Crippen LogP contribution in [0.25, 0.3) is 0 Å². The third-order valence-corrected chi connectivity index (χ3v) is 5.62. The Hall–Kier alpha value is -4.26. The van der Waals surface area contributed by atoms with E-state index in [1.165, 1.54) is 24.3 Å². The average molecular weight is 441 g/mol. The molecule has 0 bridgehead atoms. The van der Waals surface area contributed by atoms with Crippen LogP contribution in [-0.2, 0) is 0 Å². The zero-order valence-electron chi connectivity index (χ0n) is 17.8. The van der Waals surface area contributed by atoms with Crippen LogP contribution in [0.2, 0.25) is 0 Å². The molecule has 0 fully saturated rings. The molecule has 2 aliphatic heterocycles. The molecule has 6 nitrogen and oxygen atoms in total. The van der Waals surface area contributed by atoms with Gasteiger partial charge in [0, 0.05) is 23.7 Å². The van der Waals surface area contributed by atoms with Crippen molar-refractivity contribution in [1.82, 2.24) is 10.3 Å². The molecule has 0 saturated heterocycles. The summed E-state index contributed by atoms with van der Waals surface area (Å²) in [4.78, 5) is 32.1. The van der Waals surface area contributed by atoms with E-state index in [9.17, 15) is 14.0 Å². The van der Waals surface area contributed by atoms with Gasteiger partial charge in [-0.25, -0.2) is 9.37 Å². The molecule has 3 aromatic rings. The SMILES string of the molecule is Cc1cccnc1N1C=C2C(=O)c3ccccc3O[C@@H]2C=C1CNC(=O)c1ccc(F)cc1. The number of hydrogen-bond donors (Lipinski definition) is 1. The molecule has 1 atom stereocenters. The minimum atomic E-state index is -0.578. The molecule has 164 valence electrons. The number of nitrogens with one attached hydrogen (secondary N) is 1. The Morgan fingerprint density at radius 3 is 2.70 bits per heavy atom. The van der Waals surface area contributed by atoms with Crippen molar-refractivity contribution in [2.75, 3.05) is 11.4 Å². The van der Waals surface area contributed by atoms with Crippen LogP contribution < -0.4 is 15.0 Å². The molecule has 0 aliphatic carbocycles. The number of benzene rings is 2. The summed E-state index contributed by atoms with van der Waals surface area (Å²) in [5.74, 6) is 0.325. The number of carbonyl (C=O) groups is 2. The van der Waals surface area contributed by atoms with Gasteiger partial charge in [0.2, 0.25) is 0 Å². The highest BCUT2D eigenvalue weighted by Gasteiger charge is 2.35. The summed E-state index contributed by atoms with van der Waals surface area (Å²) in [7, 11) is 0. The van der Waals surface area contributed by atoms with Gasteiger partial charge >= 0.3 is 0 Å². The molecule has 1 N–H and O–H groups in total. The highest BCUT2D eigenvalue weighted by molar-refractivity contribution is 6.13. The maximum absolute atomic E-state index is 13.2. The number of aryl methyl sites for hydroxylation is 1. The van der Waals surface area contributed by atoms with Crippen LogP contribution >= 0.6 is 0 Å². The second kappa shape index (κ2) is 8.35. The van der Waals surface area contributed by atoms with Crippen LogP contribution in [0, 0.1) is 12.7 Å². The molecule has 2 aromatic carbocycles. The summed E-state index contributed by atoms with van der Waals surface area (Å²) in [5.41, 5.74) is 2.97. The van der Waals surface area contributed by atoms with Crippen LogP contribution in [0.5, 0.6) is 5.75 Å². The highest BCUT2D eigenvalue weighted by Crippen LogP contribution is 2.36. The van der Waals surface area contributed by atoms with E-state index in [-0.39, 0.29) is 18.2 Å². The second-order valence-corrected chi connectivity index (χ2v) is 7.81. The Kier molecular flexibility index (Phi) is 5.22. The van der Waals surface area contributed by atoms with Crippen LogP contribution in [0.1, 0.15) is 26.3 Å². The molecule has 3 heterocycles. The third kappa shape index (κ3) is 3.89. The summed E-state index contributed by atoms with van der Waals surface area (Å²) in [6.07, 6.45) is 4.65.